The summed E-state index contributed by atoms with van der Waals surface area (Å²) >= 11 is 5.83. The number of halogens is 2. The van der Waals surface area contributed by atoms with Crippen molar-refractivity contribution in [3.05, 3.63) is 23.0 Å². The number of anilines is 1. The predicted molar refractivity (Wildman–Crippen MR) is 72.6 cm³/mol. The van der Waals surface area contributed by atoms with E-state index in [4.69, 9.17) is 17.3 Å². The molecule has 1 aromatic carbocycles. The second kappa shape index (κ2) is 4.65. The number of benzene rings is 1. The fourth-order valence-corrected chi connectivity index (χ4v) is 2.97. The van der Waals surface area contributed by atoms with Crippen LogP contribution >= 0.6 is 11.6 Å². The lowest BCUT2D eigenvalue weighted by Gasteiger charge is -2.27. The van der Waals surface area contributed by atoms with Gasteiger partial charge in [0.15, 0.2) is 0 Å². The Morgan fingerprint density at radius 2 is 2.00 bits per heavy atom. The molecule has 1 aromatic heterocycles. The van der Waals surface area contributed by atoms with E-state index in [9.17, 15) is 9.50 Å². The molecule has 0 radical (unpaired) electrons. The Labute approximate surface area is 115 Å². The third kappa shape index (κ3) is 2.17. The van der Waals surface area contributed by atoms with E-state index in [-0.39, 0.29) is 17.2 Å². The van der Waals surface area contributed by atoms with Gasteiger partial charge in [-0.3, -0.25) is 0 Å². The maximum absolute atomic E-state index is 13.4. The van der Waals surface area contributed by atoms with Crippen molar-refractivity contribution in [2.75, 3.05) is 5.73 Å². The van der Waals surface area contributed by atoms with Crippen molar-refractivity contribution < 1.29 is 9.50 Å². The average molecular weight is 284 g/mol. The molecule has 0 atom stereocenters. The summed E-state index contributed by atoms with van der Waals surface area (Å²) in [4.78, 5) is 4.19. The van der Waals surface area contributed by atoms with Gasteiger partial charge in [0.05, 0.1) is 22.2 Å². The van der Waals surface area contributed by atoms with Crippen molar-refractivity contribution in [2.24, 2.45) is 0 Å². The fourth-order valence-electron chi connectivity index (χ4n) is 2.81. The maximum atomic E-state index is 13.4. The molecule has 2 aromatic rings. The summed E-state index contributed by atoms with van der Waals surface area (Å²) in [5.74, 6) is -0.115. The number of aromatic nitrogens is 2. The molecule has 102 valence electrons. The molecule has 6 heteroatoms. The summed E-state index contributed by atoms with van der Waals surface area (Å²) < 4.78 is 15.3. The zero-order chi connectivity index (χ0) is 13.6. The van der Waals surface area contributed by atoms with Gasteiger partial charge in [-0.15, -0.1) is 0 Å². The van der Waals surface area contributed by atoms with E-state index in [1.54, 1.807) is 6.07 Å². The summed E-state index contributed by atoms with van der Waals surface area (Å²) in [5, 5.41) is 9.63. The number of nitrogen functional groups attached to an aromatic ring is 1. The van der Waals surface area contributed by atoms with Crippen LogP contribution in [0.5, 0.6) is 0 Å². The standard InChI is InChI=1S/C13H15ClFN3O/c14-9-5-12-11(6-10(9)15)17-13(16)18(12)7-1-3-8(19)4-2-7/h5-8,19H,1-4H2,(H2,16,17). The van der Waals surface area contributed by atoms with Crippen LogP contribution in [0.1, 0.15) is 31.7 Å². The number of aliphatic hydroxyl groups is 1. The topological polar surface area (TPSA) is 64.1 Å². The van der Waals surface area contributed by atoms with Gasteiger partial charge in [0.25, 0.3) is 0 Å². The third-order valence-electron chi connectivity index (χ3n) is 3.79. The van der Waals surface area contributed by atoms with Gasteiger partial charge < -0.3 is 15.4 Å². The molecule has 0 saturated heterocycles. The highest BCUT2D eigenvalue weighted by molar-refractivity contribution is 6.31. The van der Waals surface area contributed by atoms with E-state index in [1.807, 2.05) is 4.57 Å². The molecule has 1 heterocycles. The number of nitrogens with zero attached hydrogens (tertiary/aromatic N) is 2. The van der Waals surface area contributed by atoms with Crippen LogP contribution in [-0.2, 0) is 0 Å². The summed E-state index contributed by atoms with van der Waals surface area (Å²) in [6.07, 6.45) is 2.95. The van der Waals surface area contributed by atoms with Crippen molar-refractivity contribution >= 4 is 28.6 Å². The minimum absolute atomic E-state index is 0.0736. The second-order valence-electron chi connectivity index (χ2n) is 5.06. The van der Waals surface area contributed by atoms with Crippen molar-refractivity contribution in [3.63, 3.8) is 0 Å². The van der Waals surface area contributed by atoms with Gasteiger partial charge in [-0.05, 0) is 31.7 Å². The molecular formula is C13H15ClFN3O. The Bertz CT molecular complexity index is 620. The van der Waals surface area contributed by atoms with Crippen molar-refractivity contribution in [1.29, 1.82) is 0 Å². The Balaban J connectivity index is 2.07. The highest BCUT2D eigenvalue weighted by atomic mass is 35.5. The van der Waals surface area contributed by atoms with Crippen LogP contribution < -0.4 is 5.73 Å². The lowest BCUT2D eigenvalue weighted by Crippen LogP contribution is -2.22. The average Bonchev–Trinajstić information content (AvgIpc) is 2.67. The molecule has 1 fully saturated rings. The van der Waals surface area contributed by atoms with Crippen LogP contribution in [0.15, 0.2) is 12.1 Å². The SMILES string of the molecule is Nc1nc2cc(F)c(Cl)cc2n1C1CCC(O)CC1. The number of imidazole rings is 1. The Morgan fingerprint density at radius 3 is 2.68 bits per heavy atom. The van der Waals surface area contributed by atoms with E-state index >= 15 is 0 Å². The molecule has 1 aliphatic rings. The van der Waals surface area contributed by atoms with Crippen LogP contribution in [0, 0.1) is 5.82 Å². The lowest BCUT2D eigenvalue weighted by molar-refractivity contribution is 0.112. The molecule has 0 bridgehead atoms. The number of aliphatic hydroxyl groups excluding tert-OH is 1. The number of hydrogen-bond donors (Lipinski definition) is 2. The highest BCUT2D eigenvalue weighted by Gasteiger charge is 2.24. The van der Waals surface area contributed by atoms with Crippen LogP contribution in [0.4, 0.5) is 10.3 Å². The van der Waals surface area contributed by atoms with Crippen LogP contribution in [0.2, 0.25) is 5.02 Å². The first-order valence-electron chi connectivity index (χ1n) is 6.37. The van der Waals surface area contributed by atoms with Gasteiger partial charge in [-0.25, -0.2) is 9.37 Å². The molecule has 3 rings (SSSR count). The first-order valence-corrected chi connectivity index (χ1v) is 6.74. The van der Waals surface area contributed by atoms with Crippen molar-refractivity contribution in [1.82, 2.24) is 9.55 Å². The first-order chi connectivity index (χ1) is 9.06. The molecule has 0 spiro atoms. The third-order valence-corrected chi connectivity index (χ3v) is 4.08. The zero-order valence-electron chi connectivity index (χ0n) is 10.3. The molecule has 19 heavy (non-hydrogen) atoms. The molecule has 0 aliphatic heterocycles. The van der Waals surface area contributed by atoms with Crippen LogP contribution in [0.25, 0.3) is 11.0 Å². The summed E-state index contributed by atoms with van der Waals surface area (Å²) in [6, 6.07) is 3.07. The number of rotatable bonds is 1. The maximum Gasteiger partial charge on any atom is 0.201 e. The van der Waals surface area contributed by atoms with Crippen LogP contribution in [-0.4, -0.2) is 20.8 Å². The molecule has 1 saturated carbocycles. The first kappa shape index (κ1) is 12.7. The monoisotopic (exact) mass is 283 g/mol. The molecule has 4 nitrogen and oxygen atoms in total. The zero-order valence-corrected chi connectivity index (χ0v) is 11.1. The summed E-state index contributed by atoms with van der Waals surface area (Å²) in [5.41, 5.74) is 7.22. The van der Waals surface area contributed by atoms with Gasteiger partial charge in [0.1, 0.15) is 5.82 Å². The fraction of sp³-hybridized carbons (Fsp3) is 0.462. The van der Waals surface area contributed by atoms with Gasteiger partial charge in [-0.1, -0.05) is 11.6 Å². The van der Waals surface area contributed by atoms with E-state index in [1.165, 1.54) is 6.07 Å². The predicted octanol–water partition coefficient (Wildman–Crippen LogP) is 2.89. The quantitative estimate of drug-likeness (QED) is 0.846. The molecule has 0 unspecified atom stereocenters. The highest BCUT2D eigenvalue weighted by Crippen LogP contribution is 2.34. The number of fused-ring (bicyclic) bond motifs is 1. The molecule has 0 amide bonds. The van der Waals surface area contributed by atoms with E-state index in [2.05, 4.69) is 4.98 Å². The van der Waals surface area contributed by atoms with Crippen molar-refractivity contribution in [3.8, 4) is 0 Å². The Morgan fingerprint density at radius 1 is 1.32 bits per heavy atom. The van der Waals surface area contributed by atoms with E-state index < -0.39 is 5.82 Å². The lowest BCUT2D eigenvalue weighted by atomic mass is 9.93. The van der Waals surface area contributed by atoms with Gasteiger partial charge in [0.2, 0.25) is 5.95 Å². The smallest absolute Gasteiger partial charge is 0.201 e. The van der Waals surface area contributed by atoms with Gasteiger partial charge in [-0.2, -0.15) is 0 Å². The molecular weight excluding hydrogens is 269 g/mol. The molecule has 3 N–H and O–H groups in total. The summed E-state index contributed by atoms with van der Waals surface area (Å²) in [6.45, 7) is 0. The Hall–Kier alpha value is -1.33. The van der Waals surface area contributed by atoms with Crippen LogP contribution in [0.3, 0.4) is 0 Å². The Kier molecular flexibility index (Phi) is 3.11. The molecule has 1 aliphatic carbocycles. The minimum atomic E-state index is -0.488. The van der Waals surface area contributed by atoms with Gasteiger partial charge in [0, 0.05) is 12.1 Å². The van der Waals surface area contributed by atoms with E-state index in [0.29, 0.717) is 11.5 Å². The van der Waals surface area contributed by atoms with Crippen molar-refractivity contribution in [2.45, 2.75) is 37.8 Å². The second-order valence-corrected chi connectivity index (χ2v) is 5.46. The van der Waals surface area contributed by atoms with E-state index in [0.717, 1.165) is 31.2 Å². The number of nitrogens with two attached hydrogens (primary N) is 1. The largest absolute Gasteiger partial charge is 0.393 e. The van der Waals surface area contributed by atoms with Gasteiger partial charge >= 0.3 is 0 Å². The minimum Gasteiger partial charge on any atom is -0.393 e. The summed E-state index contributed by atoms with van der Waals surface area (Å²) in [7, 11) is 0. The normalized spacial score (nSPS) is 23.9. The number of hydrogen-bond acceptors (Lipinski definition) is 3.